The Morgan fingerprint density at radius 2 is 1.88 bits per heavy atom. The number of anilines is 2. The minimum Gasteiger partial charge on any atom is -0.456 e. The number of carbonyl (C=O) groups excluding carboxylic acids is 1. The van der Waals surface area contributed by atoms with Crippen molar-refractivity contribution in [1.82, 2.24) is 15.2 Å². The molecular weight excluding hydrogens is 318 g/mol. The van der Waals surface area contributed by atoms with E-state index in [9.17, 15) is 4.79 Å². The topological polar surface area (TPSA) is 91.9 Å². The Hall–Kier alpha value is -3.35. The highest BCUT2D eigenvalue weighted by Crippen LogP contribution is 2.42. The fraction of sp³-hybridized carbons (Fsp3) is 0.167. The maximum Gasteiger partial charge on any atom is 0.324 e. The Labute approximate surface area is 144 Å². The van der Waals surface area contributed by atoms with Gasteiger partial charge in [0.2, 0.25) is 0 Å². The summed E-state index contributed by atoms with van der Waals surface area (Å²) in [6.07, 6.45) is 5.44. The van der Waals surface area contributed by atoms with E-state index < -0.39 is 0 Å². The number of ether oxygens (including phenoxy) is 1. The molecule has 0 aliphatic heterocycles. The summed E-state index contributed by atoms with van der Waals surface area (Å²) in [4.78, 5) is 16.3. The smallest absolute Gasteiger partial charge is 0.324 e. The molecule has 2 amide bonds. The number of benzene rings is 1. The van der Waals surface area contributed by atoms with Crippen LogP contribution >= 0.6 is 0 Å². The summed E-state index contributed by atoms with van der Waals surface area (Å²) in [5.74, 6) is 2.25. The fourth-order valence-corrected chi connectivity index (χ4v) is 2.49. The molecule has 1 aromatic carbocycles. The van der Waals surface area contributed by atoms with E-state index in [2.05, 4.69) is 25.8 Å². The number of rotatable bonds is 5. The van der Waals surface area contributed by atoms with Gasteiger partial charge in [0.15, 0.2) is 0 Å². The molecule has 1 fully saturated rings. The first-order valence-electron chi connectivity index (χ1n) is 8.08. The lowest BCUT2D eigenvalue weighted by atomic mass is 10.2. The zero-order chi connectivity index (χ0) is 17.1. The second kappa shape index (κ2) is 6.64. The minimum absolute atomic E-state index is 0.354. The van der Waals surface area contributed by atoms with Crippen LogP contribution in [0.4, 0.5) is 16.3 Å². The number of amides is 2. The molecule has 1 saturated carbocycles. The molecule has 4 rings (SSSR count). The van der Waals surface area contributed by atoms with E-state index in [0.717, 1.165) is 24.3 Å². The van der Waals surface area contributed by atoms with Gasteiger partial charge in [-0.3, -0.25) is 10.4 Å². The first kappa shape index (κ1) is 15.2. The van der Waals surface area contributed by atoms with E-state index in [1.54, 1.807) is 24.5 Å². The van der Waals surface area contributed by atoms with Gasteiger partial charge in [0.05, 0.1) is 23.8 Å². The third-order valence-corrected chi connectivity index (χ3v) is 3.86. The highest BCUT2D eigenvalue weighted by atomic mass is 16.5. The van der Waals surface area contributed by atoms with Crippen molar-refractivity contribution in [1.29, 1.82) is 0 Å². The molecule has 1 aliphatic carbocycles. The molecule has 0 bridgehead atoms. The van der Waals surface area contributed by atoms with Crippen molar-refractivity contribution in [3.8, 4) is 11.5 Å². The standard InChI is InChI=1S/C18H17N5O2/c24-18(21-15-11-20-23-17(15)12-6-7-12)22-16-9-8-14(10-19-16)25-13-4-2-1-3-5-13/h1-5,8-12H,6-7H2,(H,20,23)(H2,19,21,22,24). The molecule has 0 atom stereocenters. The molecule has 2 aromatic heterocycles. The summed E-state index contributed by atoms with van der Waals surface area (Å²) in [6, 6.07) is 12.5. The summed E-state index contributed by atoms with van der Waals surface area (Å²) in [5, 5.41) is 12.4. The summed E-state index contributed by atoms with van der Waals surface area (Å²) < 4.78 is 5.67. The number of carbonyl (C=O) groups is 1. The first-order chi connectivity index (χ1) is 12.3. The largest absolute Gasteiger partial charge is 0.456 e. The number of aromatic nitrogens is 3. The van der Waals surface area contributed by atoms with Gasteiger partial charge in [0, 0.05) is 5.92 Å². The first-order valence-corrected chi connectivity index (χ1v) is 8.08. The number of H-pyrrole nitrogens is 1. The van der Waals surface area contributed by atoms with E-state index in [1.807, 2.05) is 30.3 Å². The number of para-hydroxylation sites is 1. The zero-order valence-corrected chi connectivity index (χ0v) is 13.4. The monoisotopic (exact) mass is 335 g/mol. The maximum absolute atomic E-state index is 12.1. The minimum atomic E-state index is -0.354. The van der Waals surface area contributed by atoms with Crippen molar-refractivity contribution >= 4 is 17.5 Å². The van der Waals surface area contributed by atoms with Crippen LogP contribution in [0.25, 0.3) is 0 Å². The number of hydrogen-bond acceptors (Lipinski definition) is 4. The van der Waals surface area contributed by atoms with Gasteiger partial charge in [-0.1, -0.05) is 18.2 Å². The fourth-order valence-electron chi connectivity index (χ4n) is 2.49. The van der Waals surface area contributed by atoms with E-state index in [-0.39, 0.29) is 6.03 Å². The van der Waals surface area contributed by atoms with E-state index >= 15 is 0 Å². The van der Waals surface area contributed by atoms with Gasteiger partial charge in [-0.15, -0.1) is 0 Å². The highest BCUT2D eigenvalue weighted by molar-refractivity contribution is 5.99. The SMILES string of the molecule is O=C(Nc1ccc(Oc2ccccc2)cn1)Nc1cn[nH]c1C1CC1. The number of pyridine rings is 1. The quantitative estimate of drug-likeness (QED) is 0.654. The van der Waals surface area contributed by atoms with Crippen LogP contribution in [0.2, 0.25) is 0 Å². The number of nitrogens with one attached hydrogen (secondary N) is 3. The highest BCUT2D eigenvalue weighted by Gasteiger charge is 2.28. The lowest BCUT2D eigenvalue weighted by Gasteiger charge is -2.08. The van der Waals surface area contributed by atoms with Crippen LogP contribution < -0.4 is 15.4 Å². The molecule has 25 heavy (non-hydrogen) atoms. The van der Waals surface area contributed by atoms with Crippen LogP contribution in [-0.4, -0.2) is 21.2 Å². The second-order valence-corrected chi connectivity index (χ2v) is 5.85. The van der Waals surface area contributed by atoms with Crippen LogP contribution in [0.5, 0.6) is 11.5 Å². The number of hydrogen-bond donors (Lipinski definition) is 3. The molecule has 3 N–H and O–H groups in total. The number of aromatic amines is 1. The summed E-state index contributed by atoms with van der Waals surface area (Å²) in [7, 11) is 0. The van der Waals surface area contributed by atoms with E-state index in [1.165, 1.54) is 0 Å². The Bertz CT molecular complexity index is 857. The van der Waals surface area contributed by atoms with Gasteiger partial charge in [-0.25, -0.2) is 9.78 Å². The summed E-state index contributed by atoms with van der Waals surface area (Å²) in [6.45, 7) is 0. The molecule has 7 heteroatoms. The van der Waals surface area contributed by atoms with Gasteiger partial charge >= 0.3 is 6.03 Å². The van der Waals surface area contributed by atoms with Crippen LogP contribution in [0.1, 0.15) is 24.5 Å². The Balaban J connectivity index is 1.36. The normalized spacial score (nSPS) is 13.3. The van der Waals surface area contributed by atoms with Crippen molar-refractivity contribution < 1.29 is 9.53 Å². The average molecular weight is 335 g/mol. The van der Waals surface area contributed by atoms with Gasteiger partial charge in [-0.05, 0) is 37.1 Å². The van der Waals surface area contributed by atoms with Crippen molar-refractivity contribution in [2.45, 2.75) is 18.8 Å². The zero-order valence-electron chi connectivity index (χ0n) is 13.4. The Morgan fingerprint density at radius 3 is 2.60 bits per heavy atom. The van der Waals surface area contributed by atoms with Gasteiger partial charge in [-0.2, -0.15) is 5.10 Å². The third kappa shape index (κ3) is 3.77. The van der Waals surface area contributed by atoms with Gasteiger partial charge < -0.3 is 10.1 Å². The van der Waals surface area contributed by atoms with Gasteiger partial charge in [0.25, 0.3) is 0 Å². The number of nitrogens with zero attached hydrogens (tertiary/aromatic N) is 2. The van der Waals surface area contributed by atoms with Crippen LogP contribution in [0.15, 0.2) is 54.9 Å². The predicted octanol–water partition coefficient (Wildman–Crippen LogP) is 4.12. The molecule has 0 spiro atoms. The molecule has 3 aromatic rings. The molecular formula is C18H17N5O2. The van der Waals surface area contributed by atoms with Crippen LogP contribution in [0.3, 0.4) is 0 Å². The molecule has 2 heterocycles. The van der Waals surface area contributed by atoms with Crippen molar-refractivity contribution in [2.75, 3.05) is 10.6 Å². The molecule has 7 nitrogen and oxygen atoms in total. The summed E-state index contributed by atoms with van der Waals surface area (Å²) >= 11 is 0. The molecule has 0 unspecified atom stereocenters. The molecule has 0 radical (unpaired) electrons. The molecule has 0 saturated heterocycles. The van der Waals surface area contributed by atoms with Crippen LogP contribution in [0, 0.1) is 0 Å². The molecule has 1 aliphatic rings. The lowest BCUT2D eigenvalue weighted by Crippen LogP contribution is -2.20. The maximum atomic E-state index is 12.1. The van der Waals surface area contributed by atoms with Gasteiger partial charge in [0.1, 0.15) is 17.3 Å². The summed E-state index contributed by atoms with van der Waals surface area (Å²) in [5.41, 5.74) is 1.69. The van der Waals surface area contributed by atoms with E-state index in [0.29, 0.717) is 23.2 Å². The third-order valence-electron chi connectivity index (χ3n) is 3.86. The van der Waals surface area contributed by atoms with Crippen molar-refractivity contribution in [3.05, 3.63) is 60.6 Å². The van der Waals surface area contributed by atoms with E-state index in [4.69, 9.17) is 4.74 Å². The van der Waals surface area contributed by atoms with Crippen LogP contribution in [-0.2, 0) is 0 Å². The molecule has 126 valence electrons. The number of urea groups is 1. The second-order valence-electron chi connectivity index (χ2n) is 5.85. The Kier molecular flexibility index (Phi) is 4.04. The Morgan fingerprint density at radius 1 is 1.04 bits per heavy atom. The van der Waals surface area contributed by atoms with Crippen molar-refractivity contribution in [2.24, 2.45) is 0 Å². The predicted molar refractivity (Wildman–Crippen MR) is 94.0 cm³/mol. The lowest BCUT2D eigenvalue weighted by molar-refractivity contribution is 0.262. The average Bonchev–Trinajstić information content (AvgIpc) is 3.37. The van der Waals surface area contributed by atoms with Crippen molar-refractivity contribution in [3.63, 3.8) is 0 Å².